The summed E-state index contributed by atoms with van der Waals surface area (Å²) in [5.74, 6) is 0. The van der Waals surface area contributed by atoms with Crippen molar-refractivity contribution in [1.82, 2.24) is 0 Å². The fourth-order valence-electron chi connectivity index (χ4n) is 1.42. The predicted molar refractivity (Wildman–Crippen MR) is 64.0 cm³/mol. The number of hydrogen-bond donors (Lipinski definition) is 1. The van der Waals surface area contributed by atoms with Crippen molar-refractivity contribution in [3.05, 3.63) is 39.2 Å². The lowest BCUT2D eigenvalue weighted by atomic mass is 10.0. The lowest BCUT2D eigenvalue weighted by Gasteiger charge is -2.12. The van der Waals surface area contributed by atoms with Gasteiger partial charge in [-0.05, 0) is 30.4 Å². The van der Waals surface area contributed by atoms with Crippen LogP contribution in [0.3, 0.4) is 0 Å². The van der Waals surface area contributed by atoms with Crippen molar-refractivity contribution < 1.29 is 0 Å². The first-order valence-corrected chi connectivity index (χ1v) is 5.87. The van der Waals surface area contributed by atoms with Gasteiger partial charge in [-0.1, -0.05) is 17.7 Å². The molecule has 0 saturated heterocycles. The van der Waals surface area contributed by atoms with Crippen LogP contribution in [0, 0.1) is 11.3 Å². The summed E-state index contributed by atoms with van der Waals surface area (Å²) in [5.41, 5.74) is 2.53. The minimum atomic E-state index is 0.721. The number of nitrogens with one attached hydrogen (secondary N) is 1. The van der Waals surface area contributed by atoms with E-state index in [-0.39, 0.29) is 0 Å². The van der Waals surface area contributed by atoms with Crippen molar-refractivity contribution in [2.45, 2.75) is 12.8 Å². The van der Waals surface area contributed by atoms with Crippen molar-refractivity contribution in [3.8, 4) is 6.07 Å². The van der Waals surface area contributed by atoms with Gasteiger partial charge in [-0.3, -0.25) is 0 Å². The summed E-state index contributed by atoms with van der Waals surface area (Å²) in [6, 6.07) is 4.13. The molecule has 0 atom stereocenters. The van der Waals surface area contributed by atoms with Crippen molar-refractivity contribution in [2.24, 2.45) is 0 Å². The molecular formula is C11H9ClN2S. The Kier molecular flexibility index (Phi) is 3.10. The molecule has 0 aliphatic heterocycles. The first-order valence-electron chi connectivity index (χ1n) is 4.61. The van der Waals surface area contributed by atoms with Crippen LogP contribution in [0.2, 0.25) is 4.34 Å². The summed E-state index contributed by atoms with van der Waals surface area (Å²) in [7, 11) is 0. The van der Waals surface area contributed by atoms with Gasteiger partial charge in [0.1, 0.15) is 4.34 Å². The molecule has 1 N–H and O–H groups in total. The second-order valence-corrected chi connectivity index (χ2v) is 4.70. The van der Waals surface area contributed by atoms with Gasteiger partial charge in [-0.2, -0.15) is 5.26 Å². The predicted octanol–water partition coefficient (Wildman–Crippen LogP) is 3.94. The number of rotatable bonds is 2. The zero-order valence-corrected chi connectivity index (χ0v) is 9.53. The molecule has 0 unspecified atom stereocenters. The second kappa shape index (κ2) is 4.52. The van der Waals surface area contributed by atoms with E-state index in [1.165, 1.54) is 11.3 Å². The highest BCUT2D eigenvalue weighted by Crippen LogP contribution is 2.30. The van der Waals surface area contributed by atoms with Gasteiger partial charge in [0.25, 0.3) is 0 Å². The summed E-state index contributed by atoms with van der Waals surface area (Å²) in [6.07, 6.45) is 5.74. The molecule has 1 aliphatic carbocycles. The summed E-state index contributed by atoms with van der Waals surface area (Å²) in [4.78, 5) is 0. The lowest BCUT2D eigenvalue weighted by molar-refractivity contribution is 0.974. The van der Waals surface area contributed by atoms with Crippen molar-refractivity contribution in [2.75, 3.05) is 5.32 Å². The first-order chi connectivity index (χ1) is 7.31. The molecule has 0 saturated carbocycles. The van der Waals surface area contributed by atoms with Crippen LogP contribution in [0.15, 0.2) is 34.9 Å². The second-order valence-electron chi connectivity index (χ2n) is 3.18. The van der Waals surface area contributed by atoms with Crippen molar-refractivity contribution in [1.29, 1.82) is 5.26 Å². The molecule has 4 heteroatoms. The highest BCUT2D eigenvalue weighted by molar-refractivity contribution is 7.15. The first kappa shape index (κ1) is 10.3. The molecule has 0 spiro atoms. The maximum absolute atomic E-state index is 8.95. The minimum absolute atomic E-state index is 0.721. The smallest absolute Gasteiger partial charge is 0.116 e. The lowest BCUT2D eigenvalue weighted by Crippen LogP contribution is -2.03. The van der Waals surface area contributed by atoms with E-state index in [1.54, 1.807) is 0 Å². The van der Waals surface area contributed by atoms with Crippen LogP contribution >= 0.6 is 22.9 Å². The number of thiophene rings is 1. The van der Waals surface area contributed by atoms with Gasteiger partial charge in [-0.25, -0.2) is 0 Å². The van der Waals surface area contributed by atoms with Crippen LogP contribution in [0.1, 0.15) is 12.8 Å². The fraction of sp³-hybridized carbons (Fsp3) is 0.182. The minimum Gasteiger partial charge on any atom is -0.353 e. The van der Waals surface area contributed by atoms with Gasteiger partial charge in [0.2, 0.25) is 0 Å². The van der Waals surface area contributed by atoms with E-state index in [4.69, 9.17) is 16.9 Å². The van der Waals surface area contributed by atoms with Crippen LogP contribution < -0.4 is 5.32 Å². The number of anilines is 1. The van der Waals surface area contributed by atoms with Gasteiger partial charge >= 0.3 is 0 Å². The van der Waals surface area contributed by atoms with E-state index < -0.39 is 0 Å². The molecule has 1 aliphatic rings. The summed E-state index contributed by atoms with van der Waals surface area (Å²) < 4.78 is 0.721. The molecule has 1 aromatic heterocycles. The Bertz CT molecular complexity index is 465. The molecular weight excluding hydrogens is 228 g/mol. The number of nitrogens with zero attached hydrogens (tertiary/aromatic N) is 1. The Labute approximate surface area is 97.5 Å². The number of nitriles is 1. The quantitative estimate of drug-likeness (QED) is 0.844. The van der Waals surface area contributed by atoms with Gasteiger partial charge in [0, 0.05) is 0 Å². The zero-order chi connectivity index (χ0) is 10.7. The Morgan fingerprint density at radius 1 is 1.53 bits per heavy atom. The molecule has 2 rings (SSSR count). The average molecular weight is 237 g/mol. The molecule has 76 valence electrons. The molecule has 15 heavy (non-hydrogen) atoms. The van der Waals surface area contributed by atoms with E-state index in [9.17, 15) is 0 Å². The molecule has 0 bridgehead atoms. The number of hydrogen-bond acceptors (Lipinski definition) is 3. The summed E-state index contributed by atoms with van der Waals surface area (Å²) in [5, 5.41) is 14.0. The van der Waals surface area contributed by atoms with E-state index >= 15 is 0 Å². The van der Waals surface area contributed by atoms with Gasteiger partial charge in [0.05, 0.1) is 23.0 Å². The maximum atomic E-state index is 8.95. The molecule has 2 nitrogen and oxygen atoms in total. The Hall–Kier alpha value is -1.24. The highest BCUT2D eigenvalue weighted by Gasteiger charge is 2.09. The number of allylic oxidation sites excluding steroid dienone is 3. The Morgan fingerprint density at radius 2 is 2.40 bits per heavy atom. The SMILES string of the molecule is N#CC1=C(Nc2ccsc2Cl)C=CCC1. The van der Waals surface area contributed by atoms with Crippen LogP contribution in [0.5, 0.6) is 0 Å². The maximum Gasteiger partial charge on any atom is 0.116 e. The van der Waals surface area contributed by atoms with Crippen LogP contribution in [0.25, 0.3) is 0 Å². The molecule has 0 radical (unpaired) electrons. The highest BCUT2D eigenvalue weighted by atomic mass is 35.5. The molecule has 1 aromatic rings. The Morgan fingerprint density at radius 3 is 3.07 bits per heavy atom. The third kappa shape index (κ3) is 2.23. The van der Waals surface area contributed by atoms with Crippen LogP contribution in [-0.4, -0.2) is 0 Å². The average Bonchev–Trinajstić information content (AvgIpc) is 2.65. The van der Waals surface area contributed by atoms with Gasteiger partial charge in [-0.15, -0.1) is 11.3 Å². The monoisotopic (exact) mass is 236 g/mol. The van der Waals surface area contributed by atoms with E-state index in [2.05, 4.69) is 17.5 Å². The van der Waals surface area contributed by atoms with Crippen LogP contribution in [0.4, 0.5) is 5.69 Å². The van der Waals surface area contributed by atoms with Crippen LogP contribution in [-0.2, 0) is 0 Å². The third-order valence-electron chi connectivity index (χ3n) is 2.19. The summed E-state index contributed by atoms with van der Waals surface area (Å²) >= 11 is 7.45. The topological polar surface area (TPSA) is 35.8 Å². The molecule has 0 fully saturated rings. The number of halogens is 1. The molecule has 0 aromatic carbocycles. The van der Waals surface area contributed by atoms with E-state index in [0.717, 1.165) is 34.1 Å². The van der Waals surface area contributed by atoms with Crippen molar-refractivity contribution >= 4 is 28.6 Å². The normalized spacial score (nSPS) is 15.2. The largest absolute Gasteiger partial charge is 0.353 e. The van der Waals surface area contributed by atoms with E-state index in [1.807, 2.05) is 17.5 Å². The van der Waals surface area contributed by atoms with Gasteiger partial charge in [0.15, 0.2) is 0 Å². The zero-order valence-electron chi connectivity index (χ0n) is 7.96. The standard InChI is InChI=1S/C11H9ClN2S/c12-11-10(5-6-15-11)14-9-4-2-1-3-8(9)7-13/h2,4-6,14H,1,3H2. The van der Waals surface area contributed by atoms with Crippen molar-refractivity contribution in [3.63, 3.8) is 0 Å². The molecule has 0 amide bonds. The fourth-order valence-corrected chi connectivity index (χ4v) is 2.26. The van der Waals surface area contributed by atoms with Gasteiger partial charge < -0.3 is 5.32 Å². The third-order valence-corrected chi connectivity index (χ3v) is 3.36. The summed E-state index contributed by atoms with van der Waals surface area (Å²) in [6.45, 7) is 0. The molecule has 1 heterocycles. The Balaban J connectivity index is 2.25. The van der Waals surface area contributed by atoms with E-state index in [0.29, 0.717) is 0 Å².